The van der Waals surface area contributed by atoms with Crippen molar-refractivity contribution in [2.75, 3.05) is 6.54 Å². The van der Waals surface area contributed by atoms with Crippen LogP contribution in [-0.2, 0) is 4.79 Å². The summed E-state index contributed by atoms with van der Waals surface area (Å²) in [6, 6.07) is 15.1. The van der Waals surface area contributed by atoms with E-state index in [1.54, 1.807) is 54.6 Å². The predicted octanol–water partition coefficient (Wildman–Crippen LogP) is 3.09. The van der Waals surface area contributed by atoms with Gasteiger partial charge in [-0.15, -0.1) is 0 Å². The Balaban J connectivity index is 1.58. The molecule has 0 radical (unpaired) electrons. The molecule has 1 atom stereocenters. The van der Waals surface area contributed by atoms with Crippen molar-refractivity contribution in [3.8, 4) is 0 Å². The maximum Gasteiger partial charge on any atom is 0.317 e. The highest BCUT2D eigenvalue weighted by atomic mass is 32.2. The van der Waals surface area contributed by atoms with Crippen LogP contribution in [0.1, 0.15) is 43.9 Å². The zero-order valence-electron chi connectivity index (χ0n) is 14.3. The Morgan fingerprint density at radius 3 is 2.04 bits per heavy atom. The van der Waals surface area contributed by atoms with Gasteiger partial charge in [-0.25, -0.2) is 0 Å². The smallest absolute Gasteiger partial charge is 0.317 e. The summed E-state index contributed by atoms with van der Waals surface area (Å²) in [4.78, 5) is 49.4. The van der Waals surface area contributed by atoms with Crippen LogP contribution >= 0.6 is 11.8 Å². The number of benzene rings is 2. The van der Waals surface area contributed by atoms with E-state index in [9.17, 15) is 24.3 Å². The topological polar surface area (TPSA) is 91.8 Å². The summed E-state index contributed by atoms with van der Waals surface area (Å²) in [5, 5.41) is 8.13. The summed E-state index contributed by atoms with van der Waals surface area (Å²) in [6.07, 6.45) is 0.476. The molecule has 1 aliphatic heterocycles. The van der Waals surface area contributed by atoms with E-state index in [0.29, 0.717) is 23.1 Å². The fraction of sp³-hybridized carbons (Fsp3) is 0.200. The maximum atomic E-state index is 12.3. The Kier molecular flexibility index (Phi) is 5.71. The number of hydrogen-bond acceptors (Lipinski definition) is 5. The average Bonchev–Trinajstić information content (AvgIpc) is 2.92. The number of carboxylic acids is 1. The van der Waals surface area contributed by atoms with Gasteiger partial charge in [0.1, 0.15) is 5.25 Å². The van der Waals surface area contributed by atoms with Crippen molar-refractivity contribution in [3.05, 3.63) is 71.3 Å². The van der Waals surface area contributed by atoms with Crippen molar-refractivity contribution in [1.82, 2.24) is 4.90 Å². The van der Waals surface area contributed by atoms with Gasteiger partial charge in [-0.3, -0.25) is 24.1 Å². The monoisotopic (exact) mass is 383 g/mol. The molecule has 3 rings (SSSR count). The third kappa shape index (κ3) is 4.09. The molecule has 0 saturated heterocycles. The normalized spacial score (nSPS) is 14.1. The van der Waals surface area contributed by atoms with Crippen molar-refractivity contribution in [2.24, 2.45) is 0 Å². The van der Waals surface area contributed by atoms with Crippen LogP contribution in [0.4, 0.5) is 0 Å². The van der Waals surface area contributed by atoms with E-state index < -0.39 is 11.2 Å². The number of amides is 2. The number of hydrogen-bond donors (Lipinski definition) is 1. The second-order valence-electron chi connectivity index (χ2n) is 6.05. The molecule has 2 aromatic carbocycles. The van der Waals surface area contributed by atoms with Gasteiger partial charge in [-0.05, 0) is 25.0 Å². The Morgan fingerprint density at radius 2 is 1.48 bits per heavy atom. The molecule has 0 bridgehead atoms. The van der Waals surface area contributed by atoms with E-state index in [1.165, 1.54) is 0 Å². The molecule has 0 spiro atoms. The standard InChI is InChI=1S/C20H17NO5S/c22-17-14-9-4-5-10-15(14)18(23)21(17)12-6-11-16(19(24)25)27-20(26)13-7-2-1-3-8-13/h1-5,7-10,16H,6,11-12H2,(H,24,25)/t16-/m1/s1. The average molecular weight is 383 g/mol. The van der Waals surface area contributed by atoms with Crippen molar-refractivity contribution in [3.63, 3.8) is 0 Å². The number of carbonyl (C=O) groups is 4. The number of thioether (sulfide) groups is 1. The minimum Gasteiger partial charge on any atom is -0.480 e. The molecule has 1 N–H and O–H groups in total. The summed E-state index contributed by atoms with van der Waals surface area (Å²) >= 11 is 0.751. The highest BCUT2D eigenvalue weighted by Gasteiger charge is 2.35. The number of carbonyl (C=O) groups excluding carboxylic acids is 3. The van der Waals surface area contributed by atoms with Gasteiger partial charge in [0, 0.05) is 12.1 Å². The van der Waals surface area contributed by atoms with E-state index in [4.69, 9.17) is 0 Å². The number of imide groups is 1. The summed E-state index contributed by atoms with van der Waals surface area (Å²) in [6.45, 7) is 0.121. The zero-order chi connectivity index (χ0) is 19.4. The van der Waals surface area contributed by atoms with Gasteiger partial charge in [0.2, 0.25) is 5.12 Å². The van der Waals surface area contributed by atoms with Crippen LogP contribution in [0.15, 0.2) is 54.6 Å². The lowest BCUT2D eigenvalue weighted by Gasteiger charge is -2.16. The first kappa shape index (κ1) is 18.8. The maximum absolute atomic E-state index is 12.3. The molecule has 7 heteroatoms. The highest BCUT2D eigenvalue weighted by Crippen LogP contribution is 2.25. The molecule has 0 aliphatic carbocycles. The molecular weight excluding hydrogens is 366 g/mol. The predicted molar refractivity (Wildman–Crippen MR) is 101 cm³/mol. The fourth-order valence-corrected chi connectivity index (χ4v) is 3.80. The van der Waals surface area contributed by atoms with E-state index in [0.717, 1.165) is 16.7 Å². The van der Waals surface area contributed by atoms with Gasteiger partial charge in [-0.1, -0.05) is 54.2 Å². The third-order valence-electron chi connectivity index (χ3n) is 4.26. The summed E-state index contributed by atoms with van der Waals surface area (Å²) in [5.41, 5.74) is 1.17. The SMILES string of the molecule is O=C(S[C@H](CCCN1C(=O)c2ccccc2C1=O)C(=O)O)c1ccccc1. The number of fused-ring (bicyclic) bond motifs is 1. The molecule has 2 aromatic rings. The van der Waals surface area contributed by atoms with Crippen molar-refractivity contribution in [2.45, 2.75) is 18.1 Å². The zero-order valence-corrected chi connectivity index (χ0v) is 15.1. The molecule has 0 saturated carbocycles. The molecule has 1 heterocycles. The van der Waals surface area contributed by atoms with E-state index in [-0.39, 0.29) is 29.9 Å². The Labute approximate surface area is 160 Å². The largest absolute Gasteiger partial charge is 0.480 e. The fourth-order valence-electron chi connectivity index (χ4n) is 2.88. The molecule has 2 amide bonds. The molecule has 0 aromatic heterocycles. The summed E-state index contributed by atoms with van der Waals surface area (Å²) in [7, 11) is 0. The van der Waals surface area contributed by atoms with Gasteiger partial charge in [0.05, 0.1) is 11.1 Å². The van der Waals surface area contributed by atoms with Gasteiger partial charge in [0.25, 0.3) is 11.8 Å². The van der Waals surface area contributed by atoms with Crippen LogP contribution < -0.4 is 0 Å². The minimum atomic E-state index is -1.09. The number of rotatable bonds is 7. The Hall–Kier alpha value is -2.93. The Bertz CT molecular complexity index is 861. The Morgan fingerprint density at radius 1 is 0.926 bits per heavy atom. The summed E-state index contributed by atoms with van der Waals surface area (Å²) < 4.78 is 0. The number of nitrogens with zero attached hydrogens (tertiary/aromatic N) is 1. The first-order valence-electron chi connectivity index (χ1n) is 8.43. The summed E-state index contributed by atoms with van der Waals surface area (Å²) in [5.74, 6) is -1.82. The first-order chi connectivity index (χ1) is 13.0. The van der Waals surface area contributed by atoms with E-state index >= 15 is 0 Å². The van der Waals surface area contributed by atoms with Gasteiger partial charge >= 0.3 is 5.97 Å². The van der Waals surface area contributed by atoms with E-state index in [1.807, 2.05) is 0 Å². The lowest BCUT2D eigenvalue weighted by Crippen LogP contribution is -2.31. The molecule has 138 valence electrons. The molecule has 0 fully saturated rings. The molecule has 0 unspecified atom stereocenters. The van der Waals surface area contributed by atoms with Crippen LogP contribution in [0.25, 0.3) is 0 Å². The minimum absolute atomic E-state index is 0.121. The van der Waals surface area contributed by atoms with Gasteiger partial charge < -0.3 is 5.11 Å². The number of carboxylic acid groups (broad SMARTS) is 1. The van der Waals surface area contributed by atoms with Crippen LogP contribution in [-0.4, -0.2) is 44.7 Å². The van der Waals surface area contributed by atoms with Crippen molar-refractivity contribution < 1.29 is 24.3 Å². The highest BCUT2D eigenvalue weighted by molar-refractivity contribution is 8.15. The van der Waals surface area contributed by atoms with Crippen molar-refractivity contribution >= 4 is 34.7 Å². The second-order valence-corrected chi connectivity index (χ2v) is 7.22. The number of aliphatic carboxylic acids is 1. The van der Waals surface area contributed by atoms with Gasteiger partial charge in [0.15, 0.2) is 0 Å². The van der Waals surface area contributed by atoms with Crippen LogP contribution in [0, 0.1) is 0 Å². The third-order valence-corrected chi connectivity index (χ3v) is 5.43. The lowest BCUT2D eigenvalue weighted by molar-refractivity contribution is -0.136. The van der Waals surface area contributed by atoms with Crippen LogP contribution in [0.5, 0.6) is 0 Å². The molecule has 27 heavy (non-hydrogen) atoms. The quantitative estimate of drug-likeness (QED) is 0.739. The molecule has 6 nitrogen and oxygen atoms in total. The van der Waals surface area contributed by atoms with Crippen molar-refractivity contribution in [1.29, 1.82) is 0 Å². The lowest BCUT2D eigenvalue weighted by atomic mass is 10.1. The van der Waals surface area contributed by atoms with E-state index in [2.05, 4.69) is 0 Å². The van der Waals surface area contributed by atoms with Crippen LogP contribution in [0.3, 0.4) is 0 Å². The van der Waals surface area contributed by atoms with Crippen LogP contribution in [0.2, 0.25) is 0 Å². The molecular formula is C20H17NO5S. The van der Waals surface area contributed by atoms with Gasteiger partial charge in [-0.2, -0.15) is 0 Å². The molecule has 1 aliphatic rings. The second kappa shape index (κ2) is 8.18. The first-order valence-corrected chi connectivity index (χ1v) is 9.31.